The molecule has 3 atom stereocenters. The zero-order chi connectivity index (χ0) is 15.6. The zero-order valence-corrected chi connectivity index (χ0v) is 14.9. The Morgan fingerprint density at radius 1 is 1.17 bits per heavy atom. The second kappa shape index (κ2) is 7.84. The van der Waals surface area contributed by atoms with Crippen LogP contribution >= 0.6 is 12.4 Å². The lowest BCUT2D eigenvalue weighted by Crippen LogP contribution is -2.54. The van der Waals surface area contributed by atoms with Gasteiger partial charge >= 0.3 is 0 Å². The van der Waals surface area contributed by atoms with Crippen LogP contribution in [-0.2, 0) is 9.59 Å². The van der Waals surface area contributed by atoms with Crippen molar-refractivity contribution in [2.45, 2.75) is 57.9 Å². The lowest BCUT2D eigenvalue weighted by Gasteiger charge is -2.38. The van der Waals surface area contributed by atoms with Gasteiger partial charge in [0.15, 0.2) is 0 Å². The van der Waals surface area contributed by atoms with Crippen LogP contribution in [0.4, 0.5) is 0 Å². The normalized spacial score (nSPS) is 31.7. The molecule has 6 heteroatoms. The number of nitrogens with one attached hydrogen (secondary N) is 2. The zero-order valence-electron chi connectivity index (χ0n) is 14.1. The van der Waals surface area contributed by atoms with E-state index in [0.717, 1.165) is 58.3 Å². The van der Waals surface area contributed by atoms with Crippen molar-refractivity contribution in [3.8, 4) is 0 Å². The molecule has 0 aromatic rings. The predicted octanol–water partition coefficient (Wildman–Crippen LogP) is 1.71. The van der Waals surface area contributed by atoms with Gasteiger partial charge in [-0.3, -0.25) is 9.59 Å². The average molecular weight is 344 g/mol. The maximum Gasteiger partial charge on any atom is 0.244 e. The Hall–Kier alpha value is -0.810. The van der Waals surface area contributed by atoms with E-state index >= 15 is 0 Å². The van der Waals surface area contributed by atoms with E-state index in [1.54, 1.807) is 0 Å². The molecular weight excluding hydrogens is 314 g/mol. The van der Waals surface area contributed by atoms with Crippen molar-refractivity contribution in [3.05, 3.63) is 0 Å². The summed E-state index contributed by atoms with van der Waals surface area (Å²) in [5, 5.41) is 6.43. The van der Waals surface area contributed by atoms with Crippen molar-refractivity contribution in [3.63, 3.8) is 0 Å². The van der Waals surface area contributed by atoms with Gasteiger partial charge in [0.2, 0.25) is 11.8 Å². The SMILES string of the molecule is C[C@H](NC(=O)[C@@]12CCCC[C@H]1CNC2)C(=O)N1CCCCC1.Cl. The van der Waals surface area contributed by atoms with E-state index in [2.05, 4.69) is 10.6 Å². The Bertz CT molecular complexity index is 440. The Morgan fingerprint density at radius 3 is 2.65 bits per heavy atom. The van der Waals surface area contributed by atoms with E-state index < -0.39 is 6.04 Å². The summed E-state index contributed by atoms with van der Waals surface area (Å²) in [4.78, 5) is 27.3. The molecule has 0 aromatic heterocycles. The molecule has 0 radical (unpaired) electrons. The first-order chi connectivity index (χ1) is 10.6. The minimum atomic E-state index is -0.400. The van der Waals surface area contributed by atoms with E-state index in [9.17, 15) is 9.59 Å². The Labute approximate surface area is 145 Å². The molecule has 2 amide bonds. The topological polar surface area (TPSA) is 61.4 Å². The number of halogens is 1. The van der Waals surface area contributed by atoms with Crippen LogP contribution in [0.3, 0.4) is 0 Å². The van der Waals surface area contributed by atoms with Crippen LogP contribution in [0.2, 0.25) is 0 Å². The van der Waals surface area contributed by atoms with Gasteiger partial charge in [0.05, 0.1) is 5.41 Å². The molecule has 3 aliphatic rings. The van der Waals surface area contributed by atoms with E-state index in [1.807, 2.05) is 11.8 Å². The smallest absolute Gasteiger partial charge is 0.244 e. The van der Waals surface area contributed by atoms with Gasteiger partial charge in [-0.25, -0.2) is 0 Å². The molecule has 0 aromatic carbocycles. The van der Waals surface area contributed by atoms with Crippen molar-refractivity contribution in [2.75, 3.05) is 26.2 Å². The molecule has 0 bridgehead atoms. The third-order valence-corrected chi connectivity index (χ3v) is 5.88. The quantitative estimate of drug-likeness (QED) is 0.820. The fourth-order valence-corrected chi connectivity index (χ4v) is 4.48. The highest BCUT2D eigenvalue weighted by molar-refractivity contribution is 5.90. The number of carbonyl (C=O) groups is 2. The molecule has 23 heavy (non-hydrogen) atoms. The van der Waals surface area contributed by atoms with Crippen molar-refractivity contribution in [1.29, 1.82) is 0 Å². The van der Waals surface area contributed by atoms with E-state index in [-0.39, 0.29) is 29.6 Å². The van der Waals surface area contributed by atoms with Crippen molar-refractivity contribution >= 4 is 24.2 Å². The lowest BCUT2D eigenvalue weighted by molar-refractivity contribution is -0.141. The van der Waals surface area contributed by atoms with Crippen molar-refractivity contribution in [1.82, 2.24) is 15.5 Å². The predicted molar refractivity (Wildman–Crippen MR) is 92.5 cm³/mol. The minimum Gasteiger partial charge on any atom is -0.344 e. The fraction of sp³-hybridized carbons (Fsp3) is 0.882. The molecule has 0 spiro atoms. The van der Waals surface area contributed by atoms with E-state index in [4.69, 9.17) is 0 Å². The summed E-state index contributed by atoms with van der Waals surface area (Å²) in [5.74, 6) is 0.626. The van der Waals surface area contributed by atoms with Gasteiger partial charge in [0.25, 0.3) is 0 Å². The number of hydrogen-bond donors (Lipinski definition) is 2. The summed E-state index contributed by atoms with van der Waals surface area (Å²) in [5.41, 5.74) is -0.269. The van der Waals surface area contributed by atoms with Gasteiger partial charge < -0.3 is 15.5 Å². The molecule has 3 fully saturated rings. The molecule has 132 valence electrons. The monoisotopic (exact) mass is 343 g/mol. The van der Waals surface area contributed by atoms with Gasteiger partial charge in [-0.1, -0.05) is 12.8 Å². The summed E-state index contributed by atoms with van der Waals surface area (Å²) in [7, 11) is 0. The number of rotatable bonds is 3. The third kappa shape index (κ3) is 3.66. The van der Waals surface area contributed by atoms with E-state index in [0.29, 0.717) is 5.92 Å². The van der Waals surface area contributed by atoms with Crippen LogP contribution in [0.5, 0.6) is 0 Å². The number of hydrogen-bond acceptors (Lipinski definition) is 3. The summed E-state index contributed by atoms with van der Waals surface area (Å²) in [6.45, 7) is 5.24. The van der Waals surface area contributed by atoms with Crippen LogP contribution < -0.4 is 10.6 Å². The second-order valence-corrected chi connectivity index (χ2v) is 7.31. The maximum absolute atomic E-state index is 12.9. The fourth-order valence-electron chi connectivity index (χ4n) is 4.48. The first-order valence-electron chi connectivity index (χ1n) is 8.94. The highest BCUT2D eigenvalue weighted by Crippen LogP contribution is 2.43. The van der Waals surface area contributed by atoms with Crippen molar-refractivity contribution in [2.24, 2.45) is 11.3 Å². The molecule has 0 unspecified atom stereocenters. The average Bonchev–Trinajstić information content (AvgIpc) is 3.00. The lowest BCUT2D eigenvalue weighted by atomic mass is 9.67. The number of nitrogens with zero attached hydrogens (tertiary/aromatic N) is 1. The molecular formula is C17H30ClN3O2. The second-order valence-electron chi connectivity index (χ2n) is 7.31. The summed E-state index contributed by atoms with van der Waals surface area (Å²) >= 11 is 0. The Balaban J connectivity index is 0.00000192. The first kappa shape index (κ1) is 18.5. The molecule has 1 saturated carbocycles. The van der Waals surface area contributed by atoms with Crippen LogP contribution in [0.25, 0.3) is 0 Å². The molecule has 2 saturated heterocycles. The molecule has 2 heterocycles. The van der Waals surface area contributed by atoms with Crippen LogP contribution in [0.1, 0.15) is 51.9 Å². The van der Waals surface area contributed by atoms with Gasteiger partial charge in [-0.2, -0.15) is 0 Å². The molecule has 1 aliphatic carbocycles. The highest BCUT2D eigenvalue weighted by atomic mass is 35.5. The number of piperidine rings is 1. The molecule has 3 rings (SSSR count). The first-order valence-corrected chi connectivity index (χ1v) is 8.94. The number of amides is 2. The van der Waals surface area contributed by atoms with Gasteiger partial charge in [0, 0.05) is 19.6 Å². The summed E-state index contributed by atoms with van der Waals surface area (Å²) in [6, 6.07) is -0.400. The standard InChI is InChI=1S/C17H29N3O2.ClH/c1-13(15(21)20-9-5-2-6-10-20)19-16(22)17-8-4-3-7-14(17)11-18-12-17;/h13-14,18H,2-12H2,1H3,(H,19,22);1H/t13-,14-,17+;/m0./s1. The van der Waals surface area contributed by atoms with Crippen molar-refractivity contribution < 1.29 is 9.59 Å². The van der Waals surface area contributed by atoms with Gasteiger partial charge in [-0.15, -0.1) is 12.4 Å². The molecule has 2 aliphatic heterocycles. The minimum absolute atomic E-state index is 0. The number of carbonyl (C=O) groups excluding carboxylic acids is 2. The Kier molecular flexibility index (Phi) is 6.32. The molecule has 2 N–H and O–H groups in total. The summed E-state index contributed by atoms with van der Waals surface area (Å²) < 4.78 is 0. The highest BCUT2D eigenvalue weighted by Gasteiger charge is 2.50. The van der Waals surface area contributed by atoms with Crippen LogP contribution in [0.15, 0.2) is 0 Å². The number of likely N-dealkylation sites (tertiary alicyclic amines) is 1. The van der Waals surface area contributed by atoms with Crippen LogP contribution in [0, 0.1) is 11.3 Å². The largest absolute Gasteiger partial charge is 0.344 e. The number of fused-ring (bicyclic) bond motifs is 1. The third-order valence-electron chi connectivity index (χ3n) is 5.88. The van der Waals surface area contributed by atoms with Gasteiger partial charge in [-0.05, 0) is 51.5 Å². The van der Waals surface area contributed by atoms with Gasteiger partial charge in [0.1, 0.15) is 6.04 Å². The Morgan fingerprint density at radius 2 is 1.91 bits per heavy atom. The van der Waals surface area contributed by atoms with E-state index in [1.165, 1.54) is 12.8 Å². The molecule has 5 nitrogen and oxygen atoms in total. The maximum atomic E-state index is 12.9. The van der Waals surface area contributed by atoms with Crippen LogP contribution in [-0.4, -0.2) is 48.9 Å². The summed E-state index contributed by atoms with van der Waals surface area (Å²) in [6.07, 6.45) is 7.82.